The number of benzene rings is 1. The number of rotatable bonds is 6. The fraction of sp³-hybridized carbons (Fsp3) is 0.588. The van der Waals surface area contributed by atoms with Crippen LogP contribution >= 0.6 is 0 Å². The summed E-state index contributed by atoms with van der Waals surface area (Å²) in [6, 6.07) is 9.07. The Bertz CT molecular complexity index is 386. The van der Waals surface area contributed by atoms with E-state index in [1.165, 1.54) is 30.4 Å². The Morgan fingerprint density at radius 1 is 1.00 bits per heavy atom. The Labute approximate surface area is 116 Å². The van der Waals surface area contributed by atoms with Crippen LogP contribution in [-0.2, 0) is 17.6 Å². The predicted octanol–water partition coefficient (Wildman–Crippen LogP) is 3.24. The quantitative estimate of drug-likeness (QED) is 0.781. The molecule has 104 valence electrons. The summed E-state index contributed by atoms with van der Waals surface area (Å²) >= 11 is 0. The highest BCUT2D eigenvalue weighted by Gasteiger charge is 2.15. The van der Waals surface area contributed by atoms with E-state index in [0.29, 0.717) is 5.78 Å². The van der Waals surface area contributed by atoms with Crippen molar-refractivity contribution in [3.8, 4) is 0 Å². The molecule has 1 fully saturated rings. The average molecular weight is 259 g/mol. The van der Waals surface area contributed by atoms with Crippen molar-refractivity contribution in [2.45, 2.75) is 45.4 Å². The Balaban J connectivity index is 1.75. The molecule has 0 spiro atoms. The zero-order valence-electron chi connectivity index (χ0n) is 12.0. The zero-order chi connectivity index (χ0) is 13.5. The van der Waals surface area contributed by atoms with Gasteiger partial charge >= 0.3 is 0 Å². The van der Waals surface area contributed by atoms with E-state index in [9.17, 15) is 4.79 Å². The third-order valence-corrected chi connectivity index (χ3v) is 3.97. The summed E-state index contributed by atoms with van der Waals surface area (Å²) in [4.78, 5) is 13.6. The lowest BCUT2D eigenvalue weighted by Gasteiger charge is -2.25. The summed E-state index contributed by atoms with van der Waals surface area (Å²) in [6.45, 7) is 5.22. The van der Waals surface area contributed by atoms with Gasteiger partial charge in [0, 0.05) is 32.5 Å². The van der Waals surface area contributed by atoms with Crippen molar-refractivity contribution in [2.75, 3.05) is 19.6 Å². The summed E-state index contributed by atoms with van der Waals surface area (Å²) in [6.07, 6.45) is 6.33. The highest BCUT2D eigenvalue weighted by atomic mass is 16.1. The highest BCUT2D eigenvalue weighted by Crippen LogP contribution is 2.11. The standard InChI is InChI=1S/C17H25NO/c1-2-3-4-15-5-7-16(8-6-15)9-12-18-13-10-17(19)11-14-18/h5-8H,2-4,9-14H2,1H3. The number of Topliss-reactive ketones (excluding diaryl/α,β-unsaturated/α-hetero) is 1. The van der Waals surface area contributed by atoms with Gasteiger partial charge in [-0.15, -0.1) is 0 Å². The number of ketones is 1. The van der Waals surface area contributed by atoms with E-state index < -0.39 is 0 Å². The summed E-state index contributed by atoms with van der Waals surface area (Å²) < 4.78 is 0. The molecule has 1 aromatic carbocycles. The normalized spacial score (nSPS) is 16.8. The molecule has 0 unspecified atom stereocenters. The van der Waals surface area contributed by atoms with Gasteiger partial charge in [-0.3, -0.25) is 4.79 Å². The maximum absolute atomic E-state index is 11.2. The first-order valence-corrected chi connectivity index (χ1v) is 7.60. The lowest BCUT2D eigenvalue weighted by molar-refractivity contribution is -0.121. The van der Waals surface area contributed by atoms with Crippen LogP contribution in [-0.4, -0.2) is 30.3 Å². The lowest BCUT2D eigenvalue weighted by Crippen LogP contribution is -2.35. The first kappa shape index (κ1) is 14.3. The molecular formula is C17H25NO. The van der Waals surface area contributed by atoms with Gasteiger partial charge in [0.2, 0.25) is 0 Å². The monoisotopic (exact) mass is 259 g/mol. The molecule has 2 nitrogen and oxygen atoms in total. The fourth-order valence-electron chi connectivity index (χ4n) is 2.57. The Morgan fingerprint density at radius 2 is 1.58 bits per heavy atom. The molecule has 2 rings (SSSR count). The second kappa shape index (κ2) is 7.44. The van der Waals surface area contributed by atoms with Crippen LogP contribution in [0, 0.1) is 0 Å². The van der Waals surface area contributed by atoms with Crippen LogP contribution < -0.4 is 0 Å². The van der Waals surface area contributed by atoms with Gasteiger partial charge < -0.3 is 4.90 Å². The minimum atomic E-state index is 0.427. The molecule has 1 saturated heterocycles. The van der Waals surface area contributed by atoms with Gasteiger partial charge in [-0.2, -0.15) is 0 Å². The van der Waals surface area contributed by atoms with E-state index in [-0.39, 0.29) is 0 Å². The second-order valence-electron chi connectivity index (χ2n) is 5.55. The van der Waals surface area contributed by atoms with Crippen LogP contribution in [0.3, 0.4) is 0 Å². The first-order chi connectivity index (χ1) is 9.28. The third kappa shape index (κ3) is 4.79. The number of unbranched alkanes of at least 4 members (excludes halogenated alkanes) is 1. The molecule has 0 atom stereocenters. The summed E-state index contributed by atoms with van der Waals surface area (Å²) in [5.41, 5.74) is 2.87. The Hall–Kier alpha value is -1.15. The molecule has 0 N–H and O–H groups in total. The number of likely N-dealkylation sites (tertiary alicyclic amines) is 1. The number of piperidine rings is 1. The zero-order valence-corrected chi connectivity index (χ0v) is 12.0. The van der Waals surface area contributed by atoms with Crippen molar-refractivity contribution < 1.29 is 4.79 Å². The molecule has 1 heterocycles. The number of carbonyl (C=O) groups excluding carboxylic acids is 1. The summed E-state index contributed by atoms with van der Waals surface area (Å²) in [5, 5.41) is 0. The van der Waals surface area contributed by atoms with Crippen LogP contribution in [0.5, 0.6) is 0 Å². The number of carbonyl (C=O) groups is 1. The van der Waals surface area contributed by atoms with Crippen molar-refractivity contribution in [1.82, 2.24) is 4.90 Å². The molecule has 0 aliphatic carbocycles. The van der Waals surface area contributed by atoms with Crippen LogP contribution in [0.1, 0.15) is 43.7 Å². The Kier molecular flexibility index (Phi) is 5.59. The molecule has 0 saturated carbocycles. The van der Waals surface area contributed by atoms with Gasteiger partial charge in [-0.25, -0.2) is 0 Å². The fourth-order valence-corrected chi connectivity index (χ4v) is 2.57. The largest absolute Gasteiger partial charge is 0.302 e. The highest BCUT2D eigenvalue weighted by molar-refractivity contribution is 5.79. The van der Waals surface area contributed by atoms with Crippen molar-refractivity contribution >= 4 is 5.78 Å². The topological polar surface area (TPSA) is 20.3 Å². The number of hydrogen-bond acceptors (Lipinski definition) is 2. The van der Waals surface area contributed by atoms with Gasteiger partial charge in [-0.1, -0.05) is 37.6 Å². The van der Waals surface area contributed by atoms with Crippen LogP contribution in [0.15, 0.2) is 24.3 Å². The number of nitrogens with zero attached hydrogens (tertiary/aromatic N) is 1. The SMILES string of the molecule is CCCCc1ccc(CCN2CCC(=O)CC2)cc1. The molecule has 1 aliphatic rings. The molecular weight excluding hydrogens is 234 g/mol. The first-order valence-electron chi connectivity index (χ1n) is 7.60. The molecule has 1 aliphatic heterocycles. The minimum Gasteiger partial charge on any atom is -0.302 e. The lowest BCUT2D eigenvalue weighted by atomic mass is 10.0. The smallest absolute Gasteiger partial charge is 0.135 e. The predicted molar refractivity (Wildman–Crippen MR) is 79.4 cm³/mol. The molecule has 0 bridgehead atoms. The molecule has 2 heteroatoms. The molecule has 0 amide bonds. The van der Waals surface area contributed by atoms with E-state index >= 15 is 0 Å². The molecule has 1 aromatic rings. The maximum Gasteiger partial charge on any atom is 0.135 e. The number of aryl methyl sites for hydroxylation is 1. The van der Waals surface area contributed by atoms with Crippen molar-refractivity contribution in [1.29, 1.82) is 0 Å². The number of hydrogen-bond donors (Lipinski definition) is 0. The van der Waals surface area contributed by atoms with E-state index in [1.807, 2.05) is 0 Å². The van der Waals surface area contributed by atoms with Gasteiger partial charge in [0.25, 0.3) is 0 Å². The van der Waals surface area contributed by atoms with Gasteiger partial charge in [0.15, 0.2) is 0 Å². The third-order valence-electron chi connectivity index (χ3n) is 3.97. The van der Waals surface area contributed by atoms with Crippen LogP contribution in [0.25, 0.3) is 0 Å². The van der Waals surface area contributed by atoms with Crippen molar-refractivity contribution in [3.05, 3.63) is 35.4 Å². The molecule has 19 heavy (non-hydrogen) atoms. The van der Waals surface area contributed by atoms with Gasteiger partial charge in [0.1, 0.15) is 5.78 Å². The van der Waals surface area contributed by atoms with E-state index in [0.717, 1.165) is 38.9 Å². The van der Waals surface area contributed by atoms with Crippen molar-refractivity contribution in [2.24, 2.45) is 0 Å². The Morgan fingerprint density at radius 3 is 2.16 bits per heavy atom. The van der Waals surface area contributed by atoms with Gasteiger partial charge in [0.05, 0.1) is 0 Å². The average Bonchev–Trinajstić information content (AvgIpc) is 2.46. The summed E-state index contributed by atoms with van der Waals surface area (Å²) in [7, 11) is 0. The van der Waals surface area contributed by atoms with Gasteiger partial charge in [-0.05, 0) is 30.4 Å². The van der Waals surface area contributed by atoms with Crippen molar-refractivity contribution in [3.63, 3.8) is 0 Å². The summed E-state index contributed by atoms with van der Waals surface area (Å²) in [5.74, 6) is 0.427. The van der Waals surface area contributed by atoms with Crippen LogP contribution in [0.2, 0.25) is 0 Å². The molecule has 0 radical (unpaired) electrons. The minimum absolute atomic E-state index is 0.427. The maximum atomic E-state index is 11.2. The second-order valence-corrected chi connectivity index (χ2v) is 5.55. The van der Waals surface area contributed by atoms with E-state index in [4.69, 9.17) is 0 Å². The van der Waals surface area contributed by atoms with E-state index in [1.54, 1.807) is 0 Å². The van der Waals surface area contributed by atoms with Crippen LogP contribution in [0.4, 0.5) is 0 Å². The molecule has 0 aromatic heterocycles. The van der Waals surface area contributed by atoms with E-state index in [2.05, 4.69) is 36.1 Å².